The Morgan fingerprint density at radius 3 is 2.48 bits per heavy atom. The zero-order valence-corrected chi connectivity index (χ0v) is 16.7. The molecule has 6 nitrogen and oxygen atoms in total. The summed E-state index contributed by atoms with van der Waals surface area (Å²) < 4.78 is 5.08. The summed E-state index contributed by atoms with van der Waals surface area (Å²) in [5.41, 5.74) is 4.42. The number of aromatic nitrogens is 1. The van der Waals surface area contributed by atoms with Crippen LogP contribution in [-0.4, -0.2) is 23.5 Å². The van der Waals surface area contributed by atoms with E-state index in [1.165, 1.54) is 0 Å². The van der Waals surface area contributed by atoms with Crippen LogP contribution in [0.15, 0.2) is 60.8 Å². The molecule has 29 heavy (non-hydrogen) atoms. The van der Waals surface area contributed by atoms with Crippen LogP contribution in [0.3, 0.4) is 0 Å². The van der Waals surface area contributed by atoms with Crippen molar-refractivity contribution in [1.29, 1.82) is 0 Å². The summed E-state index contributed by atoms with van der Waals surface area (Å²) in [4.78, 5) is 28.8. The Morgan fingerprint density at radius 2 is 1.79 bits per heavy atom. The molecule has 3 rings (SSSR count). The van der Waals surface area contributed by atoms with E-state index in [0.717, 1.165) is 11.1 Å². The number of nitrogens with one attached hydrogen (secondary N) is 2. The summed E-state index contributed by atoms with van der Waals surface area (Å²) in [6, 6.07) is 16.1. The smallest absolute Gasteiger partial charge is 0.340 e. The molecule has 0 aliphatic rings. The fourth-order valence-electron chi connectivity index (χ4n) is 2.74. The Balaban J connectivity index is 1.70. The van der Waals surface area contributed by atoms with Gasteiger partial charge in [-0.15, -0.1) is 0 Å². The number of nitrogens with zero attached hydrogens (tertiary/aromatic N) is 1. The van der Waals surface area contributed by atoms with Crippen LogP contribution in [0.25, 0.3) is 0 Å². The number of rotatable bonds is 6. The van der Waals surface area contributed by atoms with Crippen molar-refractivity contribution in [2.75, 3.05) is 17.2 Å². The highest BCUT2D eigenvalue weighted by Gasteiger charge is 2.12. The quantitative estimate of drug-likeness (QED) is 0.588. The Morgan fingerprint density at radius 1 is 1.00 bits per heavy atom. The van der Waals surface area contributed by atoms with Gasteiger partial charge in [0.05, 0.1) is 29.7 Å². The van der Waals surface area contributed by atoms with E-state index in [4.69, 9.17) is 4.74 Å². The monoisotopic (exact) mass is 389 g/mol. The van der Waals surface area contributed by atoms with Crippen LogP contribution in [-0.2, 0) is 4.74 Å². The lowest BCUT2D eigenvalue weighted by atomic mass is 10.1. The van der Waals surface area contributed by atoms with Crippen molar-refractivity contribution < 1.29 is 14.3 Å². The zero-order chi connectivity index (χ0) is 20.8. The largest absolute Gasteiger partial charge is 0.462 e. The van der Waals surface area contributed by atoms with E-state index in [2.05, 4.69) is 15.6 Å². The van der Waals surface area contributed by atoms with Crippen molar-refractivity contribution in [2.24, 2.45) is 0 Å². The number of benzene rings is 2. The average Bonchev–Trinajstić information content (AvgIpc) is 2.72. The summed E-state index contributed by atoms with van der Waals surface area (Å²) in [7, 11) is 0. The maximum absolute atomic E-state index is 12.4. The van der Waals surface area contributed by atoms with Crippen molar-refractivity contribution in [3.8, 4) is 0 Å². The molecule has 0 atom stereocenters. The third-order valence-corrected chi connectivity index (χ3v) is 4.48. The van der Waals surface area contributed by atoms with E-state index in [-0.39, 0.29) is 5.91 Å². The first kappa shape index (κ1) is 20.1. The molecule has 0 fully saturated rings. The van der Waals surface area contributed by atoms with Crippen LogP contribution >= 0.6 is 0 Å². The number of amides is 1. The molecular weight excluding hydrogens is 366 g/mol. The minimum Gasteiger partial charge on any atom is -0.462 e. The third-order valence-electron chi connectivity index (χ3n) is 4.48. The van der Waals surface area contributed by atoms with Crippen molar-refractivity contribution in [3.05, 3.63) is 83.0 Å². The molecule has 0 aliphatic carbocycles. The lowest BCUT2D eigenvalue weighted by Crippen LogP contribution is -2.12. The van der Waals surface area contributed by atoms with E-state index in [1.807, 2.05) is 32.0 Å². The number of ether oxygens (including phenoxy) is 1. The van der Waals surface area contributed by atoms with Crippen LogP contribution in [0, 0.1) is 13.8 Å². The number of carbonyl (C=O) groups excluding carboxylic acids is 2. The number of hydrogen-bond acceptors (Lipinski definition) is 5. The van der Waals surface area contributed by atoms with Crippen LogP contribution in [0.5, 0.6) is 0 Å². The molecular formula is C23H23N3O3. The van der Waals surface area contributed by atoms with Gasteiger partial charge < -0.3 is 15.4 Å². The number of hydrogen-bond donors (Lipinski definition) is 2. The van der Waals surface area contributed by atoms with Gasteiger partial charge in [-0.1, -0.05) is 18.2 Å². The van der Waals surface area contributed by atoms with E-state index in [9.17, 15) is 9.59 Å². The first-order valence-corrected chi connectivity index (χ1v) is 9.35. The molecule has 0 bridgehead atoms. The second-order valence-corrected chi connectivity index (χ2v) is 6.58. The van der Waals surface area contributed by atoms with E-state index in [1.54, 1.807) is 49.5 Å². The predicted molar refractivity (Wildman–Crippen MR) is 114 cm³/mol. The van der Waals surface area contributed by atoms with Crippen LogP contribution in [0.1, 0.15) is 38.8 Å². The molecule has 2 aromatic carbocycles. The van der Waals surface area contributed by atoms with Gasteiger partial charge in [-0.2, -0.15) is 0 Å². The highest BCUT2D eigenvalue weighted by Crippen LogP contribution is 2.21. The molecule has 3 aromatic rings. The Bertz CT molecular complexity index is 1030. The second-order valence-electron chi connectivity index (χ2n) is 6.58. The van der Waals surface area contributed by atoms with Crippen molar-refractivity contribution >= 4 is 29.1 Å². The summed E-state index contributed by atoms with van der Waals surface area (Å²) in [6.45, 7) is 6.05. The Labute approximate surface area is 169 Å². The molecule has 0 unspecified atom stereocenters. The number of carbonyl (C=O) groups is 2. The zero-order valence-electron chi connectivity index (χ0n) is 16.7. The summed E-state index contributed by atoms with van der Waals surface area (Å²) >= 11 is 0. The van der Waals surface area contributed by atoms with Crippen LogP contribution in [0.2, 0.25) is 0 Å². The van der Waals surface area contributed by atoms with Gasteiger partial charge in [0, 0.05) is 5.56 Å². The standard InChI is InChI=1S/C23H23N3O3/c1-4-29-23(28)19-7-5-6-8-20(19)26-21-12-11-18(14-24-21)25-22(27)17-10-9-15(2)16(3)13-17/h5-14H,4H2,1-3H3,(H,24,26)(H,25,27). The first-order chi connectivity index (χ1) is 14.0. The summed E-state index contributed by atoms with van der Waals surface area (Å²) in [5.74, 6) is -0.0398. The van der Waals surface area contributed by atoms with Gasteiger partial charge in [-0.3, -0.25) is 4.79 Å². The maximum Gasteiger partial charge on any atom is 0.340 e. The molecule has 0 spiro atoms. The number of para-hydroxylation sites is 1. The minimum absolute atomic E-state index is 0.191. The molecule has 1 heterocycles. The van der Waals surface area contributed by atoms with Crippen molar-refractivity contribution in [2.45, 2.75) is 20.8 Å². The van der Waals surface area contributed by atoms with Gasteiger partial charge in [0.1, 0.15) is 5.82 Å². The lowest BCUT2D eigenvalue weighted by Gasteiger charge is -2.11. The molecule has 2 N–H and O–H groups in total. The Kier molecular flexibility index (Phi) is 6.24. The van der Waals surface area contributed by atoms with Gasteiger partial charge >= 0.3 is 5.97 Å². The molecule has 0 aliphatic heterocycles. The lowest BCUT2D eigenvalue weighted by molar-refractivity contribution is 0.0527. The number of pyridine rings is 1. The molecule has 1 amide bonds. The van der Waals surface area contributed by atoms with Gasteiger partial charge in [-0.25, -0.2) is 9.78 Å². The normalized spacial score (nSPS) is 10.3. The highest BCUT2D eigenvalue weighted by atomic mass is 16.5. The van der Waals surface area contributed by atoms with Crippen LogP contribution in [0.4, 0.5) is 17.2 Å². The van der Waals surface area contributed by atoms with E-state index >= 15 is 0 Å². The predicted octanol–water partition coefficient (Wildman–Crippen LogP) is 4.87. The molecule has 0 radical (unpaired) electrons. The minimum atomic E-state index is -0.395. The molecule has 148 valence electrons. The summed E-state index contributed by atoms with van der Waals surface area (Å²) in [5, 5.41) is 5.95. The van der Waals surface area contributed by atoms with Crippen molar-refractivity contribution in [3.63, 3.8) is 0 Å². The third kappa shape index (κ3) is 4.99. The van der Waals surface area contributed by atoms with Gasteiger partial charge in [0.25, 0.3) is 5.91 Å². The second kappa shape index (κ2) is 9.01. The molecule has 0 saturated heterocycles. The first-order valence-electron chi connectivity index (χ1n) is 9.35. The highest BCUT2D eigenvalue weighted by molar-refractivity contribution is 6.04. The van der Waals surface area contributed by atoms with E-state index < -0.39 is 5.97 Å². The van der Waals surface area contributed by atoms with Gasteiger partial charge in [0.15, 0.2) is 0 Å². The molecule has 6 heteroatoms. The molecule has 1 aromatic heterocycles. The van der Waals surface area contributed by atoms with Gasteiger partial charge in [-0.05, 0) is 68.3 Å². The summed E-state index contributed by atoms with van der Waals surface area (Å²) in [6.07, 6.45) is 1.56. The fourth-order valence-corrected chi connectivity index (χ4v) is 2.74. The fraction of sp³-hybridized carbons (Fsp3) is 0.174. The number of esters is 1. The van der Waals surface area contributed by atoms with E-state index in [0.29, 0.717) is 34.9 Å². The van der Waals surface area contributed by atoms with Crippen LogP contribution < -0.4 is 10.6 Å². The van der Waals surface area contributed by atoms with Crippen molar-refractivity contribution in [1.82, 2.24) is 4.98 Å². The number of aryl methyl sites for hydroxylation is 2. The molecule has 0 saturated carbocycles. The topological polar surface area (TPSA) is 80.3 Å². The Hall–Kier alpha value is -3.67. The maximum atomic E-state index is 12.4. The number of anilines is 3. The van der Waals surface area contributed by atoms with Gasteiger partial charge in [0.2, 0.25) is 0 Å². The average molecular weight is 389 g/mol. The SMILES string of the molecule is CCOC(=O)c1ccccc1Nc1ccc(NC(=O)c2ccc(C)c(C)c2)cn1.